The summed E-state index contributed by atoms with van der Waals surface area (Å²) >= 11 is 5.84. The summed E-state index contributed by atoms with van der Waals surface area (Å²) in [5.41, 5.74) is 0.570. The van der Waals surface area contributed by atoms with Gasteiger partial charge >= 0.3 is 15.2 Å². The first-order chi connectivity index (χ1) is 11.8. The van der Waals surface area contributed by atoms with Crippen molar-refractivity contribution in [1.29, 1.82) is 0 Å². The maximum absolute atomic E-state index is 12.8. The summed E-state index contributed by atoms with van der Waals surface area (Å²) in [5, 5.41) is 0. The molecule has 1 aromatic heterocycles. The molecule has 0 amide bonds. The first-order valence-electron chi connectivity index (χ1n) is 8.27. The van der Waals surface area contributed by atoms with Crippen molar-refractivity contribution in [3.8, 4) is 0 Å². The largest absolute Gasteiger partial charge is 0.464 e. The molecule has 7 nitrogen and oxygen atoms in total. The zero-order chi connectivity index (χ0) is 18.9. The van der Waals surface area contributed by atoms with Crippen LogP contribution in [0.1, 0.15) is 44.8 Å². The minimum atomic E-state index is -3.37. The van der Waals surface area contributed by atoms with Crippen molar-refractivity contribution in [3.05, 3.63) is 23.2 Å². The highest BCUT2D eigenvalue weighted by Crippen LogP contribution is 2.55. The van der Waals surface area contributed by atoms with Gasteiger partial charge < -0.3 is 22.5 Å². The Bertz CT molecular complexity index is 548. The highest BCUT2D eigenvalue weighted by atomic mass is 35.5. The van der Waals surface area contributed by atoms with Gasteiger partial charge in [0.05, 0.1) is 38.5 Å². The van der Waals surface area contributed by atoms with Crippen LogP contribution in [0.25, 0.3) is 0 Å². The van der Waals surface area contributed by atoms with E-state index in [9.17, 15) is 9.13 Å². The van der Waals surface area contributed by atoms with Crippen LogP contribution in [0.15, 0.2) is 10.5 Å². The van der Waals surface area contributed by atoms with Crippen molar-refractivity contribution in [2.75, 3.05) is 26.4 Å². The van der Waals surface area contributed by atoms with Crippen molar-refractivity contribution in [2.45, 2.75) is 45.9 Å². The first-order valence-corrected chi connectivity index (χ1v) is 12.3. The summed E-state index contributed by atoms with van der Waals surface area (Å²) in [4.78, 5) is 0. The van der Waals surface area contributed by atoms with E-state index < -0.39 is 15.2 Å². The Morgan fingerprint density at radius 2 is 1.32 bits per heavy atom. The fourth-order valence-electron chi connectivity index (χ4n) is 2.29. The average Bonchev–Trinajstić information content (AvgIpc) is 2.89. The second kappa shape index (κ2) is 10.9. The third kappa shape index (κ3) is 7.18. The van der Waals surface area contributed by atoms with Gasteiger partial charge in [0.25, 0.3) is 0 Å². The summed E-state index contributed by atoms with van der Waals surface area (Å²) < 4.78 is 52.5. The van der Waals surface area contributed by atoms with Crippen LogP contribution in [0.3, 0.4) is 0 Å². The zero-order valence-corrected chi connectivity index (χ0v) is 17.7. The SMILES string of the molecule is CCOP(=O)(Cc1cc(CCl)oc1CP(=O)(OCC)OCC)OCC. The fraction of sp³-hybridized carbons (Fsp3) is 0.733. The second-order valence-corrected chi connectivity index (χ2v) is 9.38. The topological polar surface area (TPSA) is 84.2 Å². The standard InChI is InChI=1S/C15H27ClO7P2/c1-5-19-24(17,20-6-2)11-13-9-14(10-16)23-15(13)12-25(18,21-7-3)22-8-4/h9H,5-8,10-12H2,1-4H3. The monoisotopic (exact) mass is 416 g/mol. The number of alkyl halides is 1. The smallest absolute Gasteiger partial charge is 0.338 e. The fourth-order valence-corrected chi connectivity index (χ4v) is 5.81. The van der Waals surface area contributed by atoms with Gasteiger partial charge in [-0.15, -0.1) is 11.6 Å². The van der Waals surface area contributed by atoms with Crippen molar-refractivity contribution < 1.29 is 31.6 Å². The molecular formula is C15H27ClO7P2. The highest BCUT2D eigenvalue weighted by molar-refractivity contribution is 7.53. The normalized spacial score (nSPS) is 12.7. The molecule has 0 saturated heterocycles. The quantitative estimate of drug-likeness (QED) is 0.308. The summed E-state index contributed by atoms with van der Waals surface area (Å²) in [6.45, 7) is 7.94. The molecule has 1 heterocycles. The van der Waals surface area contributed by atoms with E-state index in [1.165, 1.54) is 0 Å². The number of rotatable bonds is 13. The van der Waals surface area contributed by atoms with Crippen molar-refractivity contribution in [1.82, 2.24) is 0 Å². The van der Waals surface area contributed by atoms with Crippen LogP contribution < -0.4 is 0 Å². The molecule has 0 radical (unpaired) electrons. The molecule has 1 rings (SSSR count). The highest BCUT2D eigenvalue weighted by Gasteiger charge is 2.32. The lowest BCUT2D eigenvalue weighted by molar-refractivity contribution is 0.215. The van der Waals surface area contributed by atoms with Gasteiger partial charge in [-0.05, 0) is 33.8 Å². The molecule has 10 heteroatoms. The van der Waals surface area contributed by atoms with Crippen molar-refractivity contribution in [2.24, 2.45) is 0 Å². The van der Waals surface area contributed by atoms with Crippen LogP contribution >= 0.6 is 26.8 Å². The van der Waals surface area contributed by atoms with Gasteiger partial charge in [0, 0.05) is 5.56 Å². The predicted octanol–water partition coefficient (Wildman–Crippen LogP) is 5.55. The van der Waals surface area contributed by atoms with E-state index in [0.717, 1.165) is 0 Å². The van der Waals surface area contributed by atoms with E-state index in [-0.39, 0.29) is 44.6 Å². The second-order valence-electron chi connectivity index (χ2n) is 5.00. The van der Waals surface area contributed by atoms with E-state index in [1.54, 1.807) is 33.8 Å². The third-order valence-electron chi connectivity index (χ3n) is 3.08. The van der Waals surface area contributed by atoms with E-state index in [2.05, 4.69) is 0 Å². The molecule has 0 atom stereocenters. The molecule has 0 aliphatic heterocycles. The van der Waals surface area contributed by atoms with E-state index in [1.807, 2.05) is 0 Å². The Hall–Kier alpha value is -0.130. The molecular weight excluding hydrogens is 390 g/mol. The minimum absolute atomic E-state index is 0.00263. The molecule has 0 N–H and O–H groups in total. The summed E-state index contributed by atoms with van der Waals surface area (Å²) in [6, 6.07) is 1.68. The van der Waals surface area contributed by atoms with Gasteiger partial charge in [0.15, 0.2) is 0 Å². The zero-order valence-electron chi connectivity index (χ0n) is 15.2. The van der Waals surface area contributed by atoms with Crippen LogP contribution in [0.2, 0.25) is 0 Å². The summed E-state index contributed by atoms with van der Waals surface area (Å²) in [5.74, 6) is 0.972. The number of halogens is 1. The molecule has 0 aromatic carbocycles. The lowest BCUT2D eigenvalue weighted by Gasteiger charge is -2.18. The van der Waals surface area contributed by atoms with Crippen LogP contribution in [0, 0.1) is 0 Å². The Morgan fingerprint density at radius 3 is 1.72 bits per heavy atom. The van der Waals surface area contributed by atoms with Crippen LogP contribution in [0.4, 0.5) is 0 Å². The van der Waals surface area contributed by atoms with E-state index >= 15 is 0 Å². The van der Waals surface area contributed by atoms with Crippen LogP contribution in [-0.4, -0.2) is 26.4 Å². The van der Waals surface area contributed by atoms with Crippen molar-refractivity contribution in [3.63, 3.8) is 0 Å². The van der Waals surface area contributed by atoms with Crippen molar-refractivity contribution >= 4 is 26.8 Å². The maximum Gasteiger partial charge on any atom is 0.338 e. The van der Waals surface area contributed by atoms with Crippen LogP contribution in [0.5, 0.6) is 0 Å². The molecule has 0 fully saturated rings. The van der Waals surface area contributed by atoms with E-state index in [4.69, 9.17) is 34.1 Å². The summed E-state index contributed by atoms with van der Waals surface area (Å²) in [7, 11) is -6.71. The molecule has 0 saturated carbocycles. The van der Waals surface area contributed by atoms with Gasteiger partial charge in [-0.3, -0.25) is 9.13 Å². The van der Waals surface area contributed by atoms with E-state index in [0.29, 0.717) is 17.1 Å². The van der Waals surface area contributed by atoms with Gasteiger partial charge in [-0.1, -0.05) is 0 Å². The Morgan fingerprint density at radius 1 is 0.880 bits per heavy atom. The first kappa shape index (κ1) is 22.9. The average molecular weight is 417 g/mol. The van der Waals surface area contributed by atoms with Gasteiger partial charge in [-0.25, -0.2) is 0 Å². The molecule has 0 bridgehead atoms. The lowest BCUT2D eigenvalue weighted by Crippen LogP contribution is -2.02. The number of furan rings is 1. The number of hydrogen-bond donors (Lipinski definition) is 0. The van der Waals surface area contributed by atoms with Gasteiger partial charge in [0.1, 0.15) is 17.7 Å². The Labute approximate surface area is 154 Å². The molecule has 25 heavy (non-hydrogen) atoms. The summed E-state index contributed by atoms with van der Waals surface area (Å²) in [6.07, 6.45) is -0.0677. The third-order valence-corrected chi connectivity index (χ3v) is 7.36. The molecule has 146 valence electrons. The van der Waals surface area contributed by atoms with Gasteiger partial charge in [-0.2, -0.15) is 0 Å². The van der Waals surface area contributed by atoms with Crippen LogP contribution in [-0.2, 0) is 45.4 Å². The minimum Gasteiger partial charge on any atom is -0.464 e. The molecule has 0 aliphatic rings. The molecule has 0 spiro atoms. The lowest BCUT2D eigenvalue weighted by atomic mass is 10.3. The molecule has 1 aromatic rings. The van der Waals surface area contributed by atoms with Gasteiger partial charge in [0.2, 0.25) is 0 Å². The number of hydrogen-bond acceptors (Lipinski definition) is 7. The molecule has 0 unspecified atom stereocenters. The molecule has 0 aliphatic carbocycles. The Kier molecular flexibility index (Phi) is 9.97. The maximum atomic E-state index is 12.8. The predicted molar refractivity (Wildman–Crippen MR) is 97.4 cm³/mol. The Balaban J connectivity index is 3.14.